The number of aromatic nitrogens is 3. The second-order valence-electron chi connectivity index (χ2n) is 8.47. The Hall–Kier alpha value is -3.74. The van der Waals surface area contributed by atoms with Crippen molar-refractivity contribution in [2.75, 3.05) is 42.3 Å². The summed E-state index contributed by atoms with van der Waals surface area (Å²) < 4.78 is 52.3. The van der Waals surface area contributed by atoms with Gasteiger partial charge in [0.2, 0.25) is 10.0 Å². The van der Waals surface area contributed by atoms with Gasteiger partial charge in [0.1, 0.15) is 22.9 Å². The van der Waals surface area contributed by atoms with Crippen LogP contribution < -0.4 is 20.9 Å². The summed E-state index contributed by atoms with van der Waals surface area (Å²) in [6, 6.07) is 9.23. The van der Waals surface area contributed by atoms with Crippen molar-refractivity contribution in [1.29, 1.82) is 0 Å². The van der Waals surface area contributed by atoms with E-state index in [4.69, 9.17) is 32.5 Å². The molecule has 0 radical (unpaired) electrons. The van der Waals surface area contributed by atoms with E-state index in [0.717, 1.165) is 13.2 Å². The van der Waals surface area contributed by atoms with Crippen molar-refractivity contribution in [3.8, 4) is 28.3 Å². The third kappa shape index (κ3) is 7.26. The Morgan fingerprint density at radius 2 is 1.75 bits per heavy atom. The van der Waals surface area contributed by atoms with Gasteiger partial charge in [0.05, 0.1) is 23.6 Å². The second-order valence-corrected chi connectivity index (χ2v) is 10.7. The van der Waals surface area contributed by atoms with E-state index in [1.807, 2.05) is 13.8 Å². The summed E-state index contributed by atoms with van der Waals surface area (Å²) in [5.74, 6) is 0.0247. The van der Waals surface area contributed by atoms with Crippen LogP contribution in [0.1, 0.15) is 27.2 Å². The molecule has 2 aromatic carbocycles. The molecular weight excluding hydrogens is 559 g/mol. The molecule has 0 fully saturated rings. The number of hydrogen-bond acceptors (Lipinski definition) is 9. The van der Waals surface area contributed by atoms with Crippen molar-refractivity contribution in [3.05, 3.63) is 53.4 Å². The third-order valence-corrected chi connectivity index (χ3v) is 7.38. The number of nitrogens with two attached hydrogens (primary N) is 2. The van der Waals surface area contributed by atoms with Gasteiger partial charge in [-0.2, -0.15) is 0 Å². The van der Waals surface area contributed by atoms with E-state index in [0.29, 0.717) is 34.2 Å². The van der Waals surface area contributed by atoms with Crippen LogP contribution in [0, 0.1) is 5.82 Å². The molecule has 0 amide bonds. The van der Waals surface area contributed by atoms with Crippen LogP contribution in [0.15, 0.2) is 42.6 Å². The van der Waals surface area contributed by atoms with Crippen LogP contribution in [-0.4, -0.2) is 49.4 Å². The lowest BCUT2D eigenvalue weighted by molar-refractivity contribution is 0.162. The zero-order valence-electron chi connectivity index (χ0n) is 22.7. The minimum absolute atomic E-state index is 0.120. The molecule has 0 spiro atoms. The number of ether oxygens (including phenoxy) is 2. The van der Waals surface area contributed by atoms with Crippen LogP contribution >= 0.6 is 11.6 Å². The summed E-state index contributed by atoms with van der Waals surface area (Å²) >= 11 is 6.08. The minimum atomic E-state index is -3.67. The number of nitrogens with one attached hydrogen (secondary N) is 1. The van der Waals surface area contributed by atoms with Crippen molar-refractivity contribution in [1.82, 2.24) is 15.0 Å². The largest absolute Gasteiger partial charge is 0.494 e. The van der Waals surface area contributed by atoms with Gasteiger partial charge in [-0.1, -0.05) is 30.7 Å². The fraction of sp³-hybridized carbons (Fsp3) is 0.296. The van der Waals surface area contributed by atoms with Crippen LogP contribution in [0.3, 0.4) is 0 Å². The van der Waals surface area contributed by atoms with E-state index in [2.05, 4.69) is 19.7 Å². The molecule has 5 N–H and O–H groups in total. The molecule has 214 valence electrons. The molecule has 0 atom stereocenters. The number of benzene rings is 2. The molecule has 0 unspecified atom stereocenters. The first-order valence-corrected chi connectivity index (χ1v) is 14.5. The van der Waals surface area contributed by atoms with Crippen LogP contribution in [0.25, 0.3) is 33.4 Å². The summed E-state index contributed by atoms with van der Waals surface area (Å²) in [4.78, 5) is 12.9. The summed E-state index contributed by atoms with van der Waals surface area (Å²) in [6.45, 7) is 7.39. The van der Waals surface area contributed by atoms with Gasteiger partial charge in [0.15, 0.2) is 11.6 Å². The van der Waals surface area contributed by atoms with E-state index in [9.17, 15) is 8.42 Å². The zero-order valence-corrected chi connectivity index (χ0v) is 24.2. The Bertz CT molecular complexity index is 1600. The quantitative estimate of drug-likeness (QED) is 0.228. The van der Waals surface area contributed by atoms with Crippen molar-refractivity contribution in [3.63, 3.8) is 0 Å². The van der Waals surface area contributed by atoms with Gasteiger partial charge in [0.25, 0.3) is 0 Å². The van der Waals surface area contributed by atoms with E-state index in [1.165, 1.54) is 25.4 Å². The number of sulfonamides is 1. The second kappa shape index (κ2) is 13.6. The standard InChI is InChI=1S/C23H22ClFN6O3S.C4H10O/c1-3-7-35(32,33)31-17-6-4-5-14(19(17)25)12-8-15-20(18(10-12)34-2)29-23(30-21(15)26)13-9-16(24)22(27)28-11-13;1-3-5-4-2/h4-6,8-11,31H,3,7H2,1-2H3,(H2,27,28)(H2,26,29,30);3-4H2,1-2H3. The topological polar surface area (TPSA) is 155 Å². The number of hydrogen-bond donors (Lipinski definition) is 3. The van der Waals surface area contributed by atoms with E-state index in [1.54, 1.807) is 31.2 Å². The first-order chi connectivity index (χ1) is 19.0. The lowest BCUT2D eigenvalue weighted by Gasteiger charge is -2.14. The molecule has 2 aromatic heterocycles. The zero-order chi connectivity index (χ0) is 29.4. The Morgan fingerprint density at radius 1 is 1.02 bits per heavy atom. The van der Waals surface area contributed by atoms with Gasteiger partial charge in [-0.3, -0.25) is 4.72 Å². The van der Waals surface area contributed by atoms with Gasteiger partial charge in [-0.15, -0.1) is 0 Å². The van der Waals surface area contributed by atoms with Gasteiger partial charge >= 0.3 is 0 Å². The normalized spacial score (nSPS) is 11.2. The number of rotatable bonds is 9. The first kappa shape index (κ1) is 30.8. The molecule has 0 aliphatic carbocycles. The highest BCUT2D eigenvalue weighted by Gasteiger charge is 2.19. The molecule has 0 saturated carbocycles. The number of pyridine rings is 1. The molecule has 0 aliphatic rings. The highest BCUT2D eigenvalue weighted by molar-refractivity contribution is 7.92. The summed E-state index contributed by atoms with van der Waals surface area (Å²) in [7, 11) is -2.23. The van der Waals surface area contributed by atoms with E-state index in [-0.39, 0.29) is 39.5 Å². The predicted molar refractivity (Wildman–Crippen MR) is 158 cm³/mol. The van der Waals surface area contributed by atoms with Gasteiger partial charge < -0.3 is 20.9 Å². The maximum atomic E-state index is 15.4. The van der Waals surface area contributed by atoms with Crippen molar-refractivity contribution >= 4 is 49.9 Å². The Kier molecular flexibility index (Phi) is 10.4. The highest BCUT2D eigenvalue weighted by atomic mass is 35.5. The van der Waals surface area contributed by atoms with Gasteiger partial charge in [0, 0.05) is 35.9 Å². The van der Waals surface area contributed by atoms with Crippen molar-refractivity contribution < 1.29 is 22.3 Å². The number of methoxy groups -OCH3 is 1. The molecule has 0 bridgehead atoms. The van der Waals surface area contributed by atoms with Gasteiger partial charge in [-0.25, -0.2) is 27.8 Å². The van der Waals surface area contributed by atoms with Crippen LogP contribution in [0.2, 0.25) is 5.02 Å². The number of halogens is 2. The first-order valence-electron chi connectivity index (χ1n) is 12.5. The van der Waals surface area contributed by atoms with Crippen LogP contribution in [0.4, 0.5) is 21.7 Å². The summed E-state index contributed by atoms with van der Waals surface area (Å²) in [5.41, 5.74) is 13.2. The molecule has 13 heteroatoms. The Labute approximate surface area is 237 Å². The molecule has 0 aliphatic heterocycles. The summed E-state index contributed by atoms with van der Waals surface area (Å²) in [5, 5.41) is 0.672. The Morgan fingerprint density at radius 3 is 2.35 bits per heavy atom. The molecule has 40 heavy (non-hydrogen) atoms. The summed E-state index contributed by atoms with van der Waals surface area (Å²) in [6.07, 6.45) is 1.88. The number of anilines is 3. The van der Waals surface area contributed by atoms with Crippen molar-refractivity contribution in [2.45, 2.75) is 27.2 Å². The van der Waals surface area contributed by atoms with E-state index >= 15 is 4.39 Å². The fourth-order valence-electron chi connectivity index (χ4n) is 3.76. The molecule has 4 aromatic rings. The van der Waals surface area contributed by atoms with Crippen LogP contribution in [0.5, 0.6) is 5.75 Å². The molecule has 4 rings (SSSR count). The molecule has 0 saturated heterocycles. The maximum absolute atomic E-state index is 15.4. The SMILES string of the molecule is CCCS(=O)(=O)Nc1cccc(-c2cc(OC)c3nc(-c4cnc(N)c(Cl)c4)nc(N)c3c2)c1F.CCOCC. The Balaban J connectivity index is 0.000000810. The lowest BCUT2D eigenvalue weighted by Crippen LogP contribution is -2.17. The molecular formula is C27H32ClFN6O4S. The number of nitrogen functional groups attached to an aromatic ring is 2. The third-order valence-electron chi connectivity index (χ3n) is 5.60. The molecule has 10 nitrogen and oxygen atoms in total. The minimum Gasteiger partial charge on any atom is -0.494 e. The number of fused-ring (bicyclic) bond motifs is 1. The predicted octanol–water partition coefficient (Wildman–Crippen LogP) is 5.52. The monoisotopic (exact) mass is 590 g/mol. The average Bonchev–Trinajstić information content (AvgIpc) is 2.91. The smallest absolute Gasteiger partial charge is 0.232 e. The fourth-order valence-corrected chi connectivity index (χ4v) is 5.06. The van der Waals surface area contributed by atoms with Crippen LogP contribution in [-0.2, 0) is 14.8 Å². The lowest BCUT2D eigenvalue weighted by atomic mass is 10.0. The van der Waals surface area contributed by atoms with Crippen molar-refractivity contribution in [2.24, 2.45) is 0 Å². The van der Waals surface area contributed by atoms with E-state index < -0.39 is 15.8 Å². The molecule has 2 heterocycles. The number of nitrogens with zero attached hydrogens (tertiary/aromatic N) is 3. The highest BCUT2D eigenvalue weighted by Crippen LogP contribution is 2.37. The maximum Gasteiger partial charge on any atom is 0.232 e. The van der Waals surface area contributed by atoms with Gasteiger partial charge in [-0.05, 0) is 50.1 Å². The average molecular weight is 591 g/mol.